The van der Waals surface area contributed by atoms with Gasteiger partial charge in [0.05, 0.1) is 25.1 Å². The van der Waals surface area contributed by atoms with E-state index in [1.807, 2.05) is 6.26 Å². The summed E-state index contributed by atoms with van der Waals surface area (Å²) in [5.74, 6) is -1.08. The number of rotatable bonds is 7. The molecule has 0 saturated carbocycles. The molecule has 2 heterocycles. The van der Waals surface area contributed by atoms with Gasteiger partial charge in [-0.05, 0) is 38.3 Å². The SMILES string of the molecule is COc1c(Nc2ccc(SC)cc2F)ncc(F)c1OC1CCN(C(=O)OC(C)C)CC1. The number of anilines is 2. The van der Waals surface area contributed by atoms with Crippen molar-refractivity contribution in [2.45, 2.75) is 43.8 Å². The van der Waals surface area contributed by atoms with Crippen molar-refractivity contribution in [3.05, 3.63) is 36.0 Å². The van der Waals surface area contributed by atoms with Crippen LogP contribution in [0.25, 0.3) is 0 Å². The maximum absolute atomic E-state index is 14.6. The van der Waals surface area contributed by atoms with Crippen LogP contribution >= 0.6 is 11.8 Å². The summed E-state index contributed by atoms with van der Waals surface area (Å²) < 4.78 is 45.5. The number of methoxy groups -OCH3 is 1. The van der Waals surface area contributed by atoms with Crippen LogP contribution in [0.15, 0.2) is 29.3 Å². The monoisotopic (exact) mass is 467 g/mol. The smallest absolute Gasteiger partial charge is 0.410 e. The van der Waals surface area contributed by atoms with Gasteiger partial charge in [0.15, 0.2) is 11.6 Å². The number of carbonyl (C=O) groups is 1. The van der Waals surface area contributed by atoms with Crippen molar-refractivity contribution in [3.63, 3.8) is 0 Å². The number of likely N-dealkylation sites (tertiary alicyclic amines) is 1. The molecule has 1 aromatic carbocycles. The second kappa shape index (κ2) is 10.7. The highest BCUT2D eigenvalue weighted by atomic mass is 32.2. The summed E-state index contributed by atoms with van der Waals surface area (Å²) in [6.45, 7) is 4.45. The van der Waals surface area contributed by atoms with E-state index in [1.165, 1.54) is 24.9 Å². The zero-order valence-corrected chi connectivity index (χ0v) is 19.3. The molecule has 7 nitrogen and oxygen atoms in total. The second-order valence-electron chi connectivity index (χ2n) is 7.52. The highest BCUT2D eigenvalue weighted by Gasteiger charge is 2.28. The number of thioether (sulfide) groups is 1. The zero-order chi connectivity index (χ0) is 23.3. The standard InChI is InChI=1S/C22H27F2N3O4S/c1-13(2)30-22(28)27-9-7-14(8-10-27)31-19-17(24)12-25-21(20(19)29-3)26-18-6-5-15(32-4)11-16(18)23/h5-6,11-14H,7-10H2,1-4H3,(H,25,26). The number of hydrogen-bond donors (Lipinski definition) is 1. The van der Waals surface area contributed by atoms with Crippen molar-refractivity contribution in [3.8, 4) is 11.5 Å². The highest BCUT2D eigenvalue weighted by Crippen LogP contribution is 2.39. The van der Waals surface area contributed by atoms with Crippen LogP contribution in [0.4, 0.5) is 25.1 Å². The van der Waals surface area contributed by atoms with Crippen molar-refractivity contribution in [1.82, 2.24) is 9.88 Å². The lowest BCUT2D eigenvalue weighted by Gasteiger charge is -2.32. The normalized spacial score (nSPS) is 14.4. The molecular formula is C22H27F2N3O4S. The van der Waals surface area contributed by atoms with E-state index in [9.17, 15) is 13.6 Å². The molecule has 1 fully saturated rings. The fourth-order valence-corrected chi connectivity index (χ4v) is 3.72. The first-order valence-electron chi connectivity index (χ1n) is 10.3. The van der Waals surface area contributed by atoms with Crippen molar-refractivity contribution in [2.75, 3.05) is 31.8 Å². The molecule has 3 rings (SSSR count). The molecule has 10 heteroatoms. The summed E-state index contributed by atoms with van der Waals surface area (Å²) in [4.78, 5) is 18.4. The Morgan fingerprint density at radius 2 is 1.94 bits per heavy atom. The van der Waals surface area contributed by atoms with Crippen LogP contribution in [0.1, 0.15) is 26.7 Å². The van der Waals surface area contributed by atoms with Crippen molar-refractivity contribution >= 4 is 29.4 Å². The van der Waals surface area contributed by atoms with Gasteiger partial charge in [-0.2, -0.15) is 0 Å². The van der Waals surface area contributed by atoms with E-state index in [2.05, 4.69) is 10.3 Å². The van der Waals surface area contributed by atoms with Crippen LogP contribution in [-0.2, 0) is 4.74 Å². The predicted octanol–water partition coefficient (Wildman–Crippen LogP) is 5.22. The number of nitrogens with zero attached hydrogens (tertiary/aromatic N) is 2. The molecule has 0 spiro atoms. The Morgan fingerprint density at radius 1 is 1.22 bits per heavy atom. The van der Waals surface area contributed by atoms with E-state index in [-0.39, 0.29) is 41.3 Å². The molecule has 0 atom stereocenters. The van der Waals surface area contributed by atoms with Crippen LogP contribution in [0, 0.1) is 11.6 Å². The molecule has 1 aromatic heterocycles. The summed E-state index contributed by atoms with van der Waals surface area (Å²) in [6.07, 6.45) is 2.98. The molecule has 0 bridgehead atoms. The molecule has 1 N–H and O–H groups in total. The summed E-state index contributed by atoms with van der Waals surface area (Å²) in [5, 5.41) is 2.85. The third-order valence-electron chi connectivity index (χ3n) is 4.90. The van der Waals surface area contributed by atoms with E-state index in [1.54, 1.807) is 30.9 Å². The average molecular weight is 468 g/mol. The van der Waals surface area contributed by atoms with Crippen LogP contribution in [0.5, 0.6) is 11.5 Å². The first-order valence-corrected chi connectivity index (χ1v) is 11.5. The van der Waals surface area contributed by atoms with Gasteiger partial charge in [0.2, 0.25) is 11.5 Å². The lowest BCUT2D eigenvalue weighted by molar-refractivity contribution is 0.0501. The Balaban J connectivity index is 1.73. The Morgan fingerprint density at radius 3 is 2.53 bits per heavy atom. The number of halogens is 2. The Hall–Kier alpha value is -2.75. The Kier molecular flexibility index (Phi) is 8.00. The molecule has 1 amide bonds. The van der Waals surface area contributed by atoms with Gasteiger partial charge in [-0.1, -0.05) is 0 Å². The van der Waals surface area contributed by atoms with Gasteiger partial charge < -0.3 is 24.4 Å². The third-order valence-corrected chi connectivity index (χ3v) is 5.63. The summed E-state index contributed by atoms with van der Waals surface area (Å²) in [7, 11) is 1.37. The molecular weight excluding hydrogens is 440 g/mol. The quantitative estimate of drug-likeness (QED) is 0.560. The number of aromatic nitrogens is 1. The van der Waals surface area contributed by atoms with Gasteiger partial charge >= 0.3 is 6.09 Å². The summed E-state index contributed by atoms with van der Waals surface area (Å²) in [5.41, 5.74) is 0.183. The number of benzene rings is 1. The molecule has 2 aromatic rings. The van der Waals surface area contributed by atoms with Gasteiger partial charge in [-0.3, -0.25) is 0 Å². The molecule has 0 unspecified atom stereocenters. The maximum atomic E-state index is 14.6. The lowest BCUT2D eigenvalue weighted by atomic mass is 10.1. The van der Waals surface area contributed by atoms with Crippen molar-refractivity contribution < 1.29 is 27.8 Å². The molecule has 1 aliphatic heterocycles. The lowest BCUT2D eigenvalue weighted by Crippen LogP contribution is -2.42. The van der Waals surface area contributed by atoms with Crippen LogP contribution in [-0.4, -0.2) is 54.6 Å². The fourth-order valence-electron chi connectivity index (χ4n) is 3.29. The topological polar surface area (TPSA) is 72.9 Å². The second-order valence-corrected chi connectivity index (χ2v) is 8.40. The number of hydrogen-bond acceptors (Lipinski definition) is 7. The molecule has 0 radical (unpaired) electrons. The van der Waals surface area contributed by atoms with Crippen LogP contribution < -0.4 is 14.8 Å². The van der Waals surface area contributed by atoms with E-state index in [0.717, 1.165) is 11.1 Å². The highest BCUT2D eigenvalue weighted by molar-refractivity contribution is 7.98. The number of amides is 1. The molecule has 1 aliphatic rings. The molecule has 174 valence electrons. The van der Waals surface area contributed by atoms with Gasteiger partial charge in [0.1, 0.15) is 11.9 Å². The van der Waals surface area contributed by atoms with Crippen LogP contribution in [0.3, 0.4) is 0 Å². The van der Waals surface area contributed by atoms with E-state index in [4.69, 9.17) is 14.2 Å². The van der Waals surface area contributed by atoms with Crippen LogP contribution in [0.2, 0.25) is 0 Å². The fraction of sp³-hybridized carbons (Fsp3) is 0.455. The number of piperidine rings is 1. The largest absolute Gasteiger partial charge is 0.490 e. The first-order chi connectivity index (χ1) is 15.3. The molecule has 1 saturated heterocycles. The number of nitrogens with one attached hydrogen (secondary N) is 1. The third kappa shape index (κ3) is 5.73. The number of ether oxygens (including phenoxy) is 3. The molecule has 0 aliphatic carbocycles. The predicted molar refractivity (Wildman–Crippen MR) is 119 cm³/mol. The number of carbonyl (C=O) groups excluding carboxylic acids is 1. The van der Waals surface area contributed by atoms with Gasteiger partial charge in [-0.25, -0.2) is 18.6 Å². The maximum Gasteiger partial charge on any atom is 0.410 e. The van der Waals surface area contributed by atoms with Gasteiger partial charge in [0.25, 0.3) is 0 Å². The minimum absolute atomic E-state index is 0.0417. The first kappa shape index (κ1) is 23.9. The minimum atomic E-state index is -0.688. The van der Waals surface area contributed by atoms with Crippen molar-refractivity contribution in [2.24, 2.45) is 0 Å². The van der Waals surface area contributed by atoms with E-state index >= 15 is 0 Å². The molecule has 32 heavy (non-hydrogen) atoms. The Bertz CT molecular complexity index is 953. The van der Waals surface area contributed by atoms with Gasteiger partial charge in [-0.15, -0.1) is 11.8 Å². The summed E-state index contributed by atoms with van der Waals surface area (Å²) >= 11 is 1.42. The Labute approximate surface area is 190 Å². The minimum Gasteiger partial charge on any atom is -0.490 e. The average Bonchev–Trinajstić information content (AvgIpc) is 2.77. The van der Waals surface area contributed by atoms with Crippen molar-refractivity contribution in [1.29, 1.82) is 0 Å². The van der Waals surface area contributed by atoms with E-state index < -0.39 is 11.6 Å². The van der Waals surface area contributed by atoms with Gasteiger partial charge in [0, 0.05) is 30.8 Å². The summed E-state index contributed by atoms with van der Waals surface area (Å²) in [6, 6.07) is 4.75. The van der Waals surface area contributed by atoms with E-state index in [0.29, 0.717) is 25.9 Å². The zero-order valence-electron chi connectivity index (χ0n) is 18.5. The number of pyridine rings is 1.